The summed E-state index contributed by atoms with van der Waals surface area (Å²) in [4.78, 5) is 10.9. The quantitative estimate of drug-likeness (QED) is 0.169. The Labute approximate surface area is 174 Å². The Morgan fingerprint density at radius 1 is 1.21 bits per heavy atom. The van der Waals surface area contributed by atoms with E-state index in [4.69, 9.17) is 9.53 Å². The molecule has 0 saturated carbocycles. The number of hydrogen-bond donors (Lipinski definition) is 1. The summed E-state index contributed by atoms with van der Waals surface area (Å²) in [6.45, 7) is 27.6. The summed E-state index contributed by atoms with van der Waals surface area (Å²) < 4.78 is 6.60. The zero-order valence-electron chi connectivity index (χ0n) is 19.6. The van der Waals surface area contributed by atoms with Gasteiger partial charge < -0.3 is 9.53 Å². The Morgan fingerprint density at radius 2 is 1.75 bits per heavy atom. The maximum absolute atomic E-state index is 10.9. The first kappa shape index (κ1) is 26.6. The molecule has 0 aliphatic rings. The summed E-state index contributed by atoms with van der Waals surface area (Å²) in [5.74, 6) is -0.643. The third-order valence-corrected chi connectivity index (χ3v) is 9.99. The van der Waals surface area contributed by atoms with Crippen LogP contribution in [0.5, 0.6) is 0 Å². The number of carbonyl (C=O) groups is 1. The van der Waals surface area contributed by atoms with Gasteiger partial charge in [-0.25, -0.2) is 4.79 Å². The first-order valence-corrected chi connectivity index (χ1v) is 13.1. The molecular weight excluding hydrogens is 364 g/mol. The molecule has 0 heterocycles. The first-order chi connectivity index (χ1) is 12.6. The van der Waals surface area contributed by atoms with Gasteiger partial charge in [-0.3, -0.25) is 0 Å². The molecule has 28 heavy (non-hydrogen) atoms. The second kappa shape index (κ2) is 11.0. The van der Waals surface area contributed by atoms with Crippen LogP contribution in [-0.4, -0.2) is 25.5 Å². The van der Waals surface area contributed by atoms with Gasteiger partial charge in [-0.05, 0) is 62.7 Å². The molecule has 0 saturated heterocycles. The predicted octanol–water partition coefficient (Wildman–Crippen LogP) is 7.29. The molecular formula is C24H42O3Si. The molecule has 0 aromatic rings. The third kappa shape index (κ3) is 9.20. The van der Waals surface area contributed by atoms with Crippen molar-refractivity contribution in [3.05, 3.63) is 47.6 Å². The Hall–Kier alpha value is -1.39. The fourth-order valence-corrected chi connectivity index (χ4v) is 4.35. The summed E-state index contributed by atoms with van der Waals surface area (Å²) in [5, 5.41) is 9.15. The summed E-state index contributed by atoms with van der Waals surface area (Å²) in [5.41, 5.74) is 3.55. The molecule has 0 aromatic carbocycles. The van der Waals surface area contributed by atoms with Crippen LogP contribution in [0.2, 0.25) is 18.1 Å². The fraction of sp³-hybridized carbons (Fsp3) is 0.625. The van der Waals surface area contributed by atoms with Gasteiger partial charge in [-0.15, -0.1) is 0 Å². The van der Waals surface area contributed by atoms with Crippen molar-refractivity contribution in [2.45, 2.75) is 92.0 Å². The van der Waals surface area contributed by atoms with Crippen LogP contribution >= 0.6 is 0 Å². The van der Waals surface area contributed by atoms with Gasteiger partial charge in [-0.1, -0.05) is 71.1 Å². The third-order valence-electron chi connectivity index (χ3n) is 5.50. The number of aliphatic carboxylic acids is 1. The topological polar surface area (TPSA) is 46.5 Å². The van der Waals surface area contributed by atoms with Crippen molar-refractivity contribution >= 4 is 14.3 Å². The molecule has 0 radical (unpaired) electrons. The van der Waals surface area contributed by atoms with Crippen molar-refractivity contribution in [1.29, 1.82) is 0 Å². The number of carboxylic acids is 1. The lowest BCUT2D eigenvalue weighted by Crippen LogP contribution is -2.44. The van der Waals surface area contributed by atoms with Crippen LogP contribution in [0, 0.1) is 5.92 Å². The molecule has 2 atom stereocenters. The van der Waals surface area contributed by atoms with E-state index in [1.54, 1.807) is 0 Å². The summed E-state index contributed by atoms with van der Waals surface area (Å²) in [6.07, 6.45) is 6.60. The van der Waals surface area contributed by atoms with E-state index in [1.165, 1.54) is 5.57 Å². The number of rotatable bonds is 11. The maximum Gasteiger partial charge on any atom is 0.331 e. The van der Waals surface area contributed by atoms with Crippen molar-refractivity contribution in [1.82, 2.24) is 0 Å². The second-order valence-electron chi connectivity index (χ2n) is 9.60. The molecule has 0 spiro atoms. The van der Waals surface area contributed by atoms with E-state index in [0.29, 0.717) is 12.3 Å². The largest absolute Gasteiger partial charge is 0.478 e. The van der Waals surface area contributed by atoms with Crippen molar-refractivity contribution in [3.63, 3.8) is 0 Å². The minimum Gasteiger partial charge on any atom is -0.478 e. The summed E-state index contributed by atoms with van der Waals surface area (Å²) >= 11 is 0. The average molecular weight is 407 g/mol. The first-order valence-electron chi connectivity index (χ1n) is 10.2. The minimum atomic E-state index is -1.82. The van der Waals surface area contributed by atoms with Crippen molar-refractivity contribution in [2.75, 3.05) is 0 Å². The van der Waals surface area contributed by atoms with Crippen LogP contribution in [-0.2, 0) is 9.22 Å². The van der Waals surface area contributed by atoms with Crippen LogP contribution in [0.25, 0.3) is 0 Å². The molecule has 3 nitrogen and oxygen atoms in total. The molecule has 0 aliphatic heterocycles. The van der Waals surface area contributed by atoms with Gasteiger partial charge >= 0.3 is 5.97 Å². The lowest BCUT2D eigenvalue weighted by molar-refractivity contribution is -0.132. The van der Waals surface area contributed by atoms with E-state index in [9.17, 15) is 4.79 Å². The standard InChI is InChI=1S/C24H42O3Si/c1-12-22(27-28(10,11)24(7,8)9)20(5)15-18(3)13-17(2)14-19(4)16-21(6)23(25)26/h14-15,17,22H,3,6,12-13,16H2,1-2,4-5,7-11H3,(H,25,26)/b19-14+,20-15+/t17-,22+/m0/s1. The predicted molar refractivity (Wildman–Crippen MR) is 124 cm³/mol. The molecule has 0 fully saturated rings. The van der Waals surface area contributed by atoms with Crippen molar-refractivity contribution in [2.24, 2.45) is 5.92 Å². The maximum atomic E-state index is 10.9. The lowest BCUT2D eigenvalue weighted by Gasteiger charge is -2.39. The highest BCUT2D eigenvalue weighted by Crippen LogP contribution is 2.38. The highest BCUT2D eigenvalue weighted by atomic mass is 28.4. The molecule has 1 N–H and O–H groups in total. The Bertz CT molecular complexity index is 633. The van der Waals surface area contributed by atoms with Crippen LogP contribution in [0.1, 0.15) is 67.7 Å². The van der Waals surface area contributed by atoms with Gasteiger partial charge in [0.25, 0.3) is 0 Å². The van der Waals surface area contributed by atoms with E-state index < -0.39 is 14.3 Å². The van der Waals surface area contributed by atoms with Crippen LogP contribution < -0.4 is 0 Å². The zero-order chi connectivity index (χ0) is 22.3. The molecule has 0 aromatic heterocycles. The van der Waals surface area contributed by atoms with E-state index in [0.717, 1.165) is 24.0 Å². The minimum absolute atomic E-state index is 0.129. The van der Waals surface area contributed by atoms with Crippen LogP contribution in [0.3, 0.4) is 0 Å². The number of carboxylic acid groups (broad SMARTS) is 1. The summed E-state index contributed by atoms with van der Waals surface area (Å²) in [6, 6.07) is 0. The van der Waals surface area contributed by atoms with E-state index >= 15 is 0 Å². The second-order valence-corrected chi connectivity index (χ2v) is 14.4. The van der Waals surface area contributed by atoms with Gasteiger partial charge in [-0.2, -0.15) is 0 Å². The van der Waals surface area contributed by atoms with Crippen molar-refractivity contribution < 1.29 is 14.3 Å². The highest BCUT2D eigenvalue weighted by Gasteiger charge is 2.39. The monoisotopic (exact) mass is 406 g/mol. The van der Waals surface area contributed by atoms with Crippen LogP contribution in [0.4, 0.5) is 0 Å². The highest BCUT2D eigenvalue weighted by molar-refractivity contribution is 6.74. The fourth-order valence-electron chi connectivity index (χ4n) is 2.93. The Balaban J connectivity index is 5.02. The van der Waals surface area contributed by atoms with E-state index in [2.05, 4.69) is 79.9 Å². The molecule has 0 aliphatic carbocycles. The molecule has 0 unspecified atom stereocenters. The van der Waals surface area contributed by atoms with Gasteiger partial charge in [0.2, 0.25) is 0 Å². The SMILES string of the molecule is C=C(/C=C(\C)[C@@H](CC)O[Si](C)(C)C(C)(C)C)C[C@H](C)/C=C(\C)CC(=C)C(=O)O. The van der Waals surface area contributed by atoms with Gasteiger partial charge in [0.05, 0.1) is 6.10 Å². The van der Waals surface area contributed by atoms with E-state index in [1.807, 2.05) is 6.92 Å². The Kier molecular flexibility index (Phi) is 10.4. The van der Waals surface area contributed by atoms with Gasteiger partial charge in [0, 0.05) is 5.57 Å². The van der Waals surface area contributed by atoms with Gasteiger partial charge in [0.1, 0.15) is 0 Å². The van der Waals surface area contributed by atoms with E-state index in [-0.39, 0.29) is 16.7 Å². The molecule has 4 heteroatoms. The number of hydrogen-bond acceptors (Lipinski definition) is 2. The molecule has 160 valence electrons. The smallest absolute Gasteiger partial charge is 0.331 e. The molecule has 0 bridgehead atoms. The zero-order valence-corrected chi connectivity index (χ0v) is 20.6. The van der Waals surface area contributed by atoms with Gasteiger partial charge in [0.15, 0.2) is 8.32 Å². The number of allylic oxidation sites excluding steroid dienone is 4. The van der Waals surface area contributed by atoms with Crippen molar-refractivity contribution in [3.8, 4) is 0 Å². The molecule has 0 amide bonds. The normalized spacial score (nSPS) is 15.9. The lowest BCUT2D eigenvalue weighted by atomic mass is 9.95. The Morgan fingerprint density at radius 3 is 2.18 bits per heavy atom. The average Bonchev–Trinajstić information content (AvgIpc) is 2.50. The van der Waals surface area contributed by atoms with Crippen LogP contribution in [0.15, 0.2) is 47.6 Å². The summed E-state index contributed by atoms with van der Waals surface area (Å²) in [7, 11) is -1.82. The molecule has 0 rings (SSSR count).